The van der Waals surface area contributed by atoms with E-state index in [9.17, 15) is 0 Å². The minimum Gasteiger partial charge on any atom is -0.487 e. The highest BCUT2D eigenvalue weighted by molar-refractivity contribution is 6.42. The number of aromatic nitrogens is 1. The highest BCUT2D eigenvalue weighted by Crippen LogP contribution is 2.34. The number of benzene rings is 2. The van der Waals surface area contributed by atoms with Crippen LogP contribution in [0.25, 0.3) is 22.2 Å². The molecule has 2 nitrogen and oxygen atoms in total. The van der Waals surface area contributed by atoms with E-state index in [1.54, 1.807) is 6.07 Å². The van der Waals surface area contributed by atoms with Crippen molar-refractivity contribution in [1.82, 2.24) is 4.98 Å². The molecule has 0 atom stereocenters. The van der Waals surface area contributed by atoms with Crippen molar-refractivity contribution in [2.45, 2.75) is 26.4 Å². The van der Waals surface area contributed by atoms with Crippen LogP contribution in [0.1, 0.15) is 20.8 Å². The third-order valence-corrected chi connectivity index (χ3v) is 4.05. The van der Waals surface area contributed by atoms with Gasteiger partial charge in [-0.05, 0) is 45.0 Å². The van der Waals surface area contributed by atoms with Crippen LogP contribution in [0.2, 0.25) is 10.0 Å². The van der Waals surface area contributed by atoms with E-state index in [4.69, 9.17) is 32.9 Å². The van der Waals surface area contributed by atoms with Gasteiger partial charge in [0.25, 0.3) is 0 Å². The van der Waals surface area contributed by atoms with Gasteiger partial charge in [-0.2, -0.15) is 0 Å². The van der Waals surface area contributed by atoms with E-state index in [0.717, 1.165) is 27.9 Å². The zero-order valence-electron chi connectivity index (χ0n) is 13.2. The summed E-state index contributed by atoms with van der Waals surface area (Å²) in [6, 6.07) is 15.4. The van der Waals surface area contributed by atoms with Gasteiger partial charge in [0, 0.05) is 17.0 Å². The molecule has 0 N–H and O–H groups in total. The molecule has 0 unspecified atom stereocenters. The number of rotatable bonds is 2. The summed E-state index contributed by atoms with van der Waals surface area (Å²) in [7, 11) is 0. The lowest BCUT2D eigenvalue weighted by atomic mass is 10.1. The smallest absolute Gasteiger partial charge is 0.131 e. The fourth-order valence-electron chi connectivity index (χ4n) is 2.36. The van der Waals surface area contributed by atoms with Crippen molar-refractivity contribution in [3.05, 3.63) is 58.6 Å². The second kappa shape index (κ2) is 6.03. The van der Waals surface area contributed by atoms with Crippen molar-refractivity contribution in [1.29, 1.82) is 0 Å². The zero-order valence-corrected chi connectivity index (χ0v) is 14.7. The number of pyridine rings is 1. The predicted molar refractivity (Wildman–Crippen MR) is 97.6 cm³/mol. The molecule has 0 aliphatic rings. The molecule has 2 aromatic carbocycles. The first-order chi connectivity index (χ1) is 10.8. The molecule has 3 rings (SSSR count). The average molecular weight is 346 g/mol. The van der Waals surface area contributed by atoms with Crippen LogP contribution in [0, 0.1) is 0 Å². The molecular formula is C19H17Cl2NO. The van der Waals surface area contributed by atoms with Crippen molar-refractivity contribution in [2.24, 2.45) is 0 Å². The Morgan fingerprint density at radius 1 is 0.913 bits per heavy atom. The molecule has 1 heterocycles. The van der Waals surface area contributed by atoms with E-state index in [-0.39, 0.29) is 5.60 Å². The van der Waals surface area contributed by atoms with Crippen LogP contribution in [0.15, 0.2) is 48.5 Å². The Kier molecular flexibility index (Phi) is 4.22. The van der Waals surface area contributed by atoms with Crippen LogP contribution in [0.5, 0.6) is 5.75 Å². The normalized spacial score (nSPS) is 11.7. The van der Waals surface area contributed by atoms with Crippen LogP contribution < -0.4 is 4.74 Å². The van der Waals surface area contributed by atoms with E-state index in [1.807, 2.05) is 63.2 Å². The fraction of sp³-hybridized carbons (Fsp3) is 0.211. The molecule has 0 aliphatic heterocycles. The quantitative estimate of drug-likeness (QED) is 0.537. The van der Waals surface area contributed by atoms with Gasteiger partial charge in [-0.1, -0.05) is 41.4 Å². The van der Waals surface area contributed by atoms with Crippen molar-refractivity contribution in [2.75, 3.05) is 0 Å². The molecule has 4 heteroatoms. The third-order valence-electron chi connectivity index (χ3n) is 3.31. The van der Waals surface area contributed by atoms with Gasteiger partial charge >= 0.3 is 0 Å². The maximum Gasteiger partial charge on any atom is 0.131 e. The minimum atomic E-state index is -0.293. The second-order valence-electron chi connectivity index (χ2n) is 6.37. The minimum absolute atomic E-state index is 0.293. The molecule has 0 saturated heterocycles. The highest BCUT2D eigenvalue weighted by Gasteiger charge is 2.16. The molecule has 23 heavy (non-hydrogen) atoms. The van der Waals surface area contributed by atoms with E-state index < -0.39 is 0 Å². The number of halogens is 2. The first kappa shape index (κ1) is 16.1. The first-order valence-corrected chi connectivity index (χ1v) is 8.13. The Hall–Kier alpha value is -1.77. The Morgan fingerprint density at radius 2 is 1.65 bits per heavy atom. The molecular weight excluding hydrogens is 329 g/mol. The van der Waals surface area contributed by atoms with Gasteiger partial charge < -0.3 is 4.74 Å². The molecule has 1 aromatic heterocycles. The Balaban J connectivity index is 2.19. The monoisotopic (exact) mass is 345 g/mol. The Bertz CT molecular complexity index is 869. The largest absolute Gasteiger partial charge is 0.487 e. The lowest BCUT2D eigenvalue weighted by Crippen LogP contribution is -2.23. The van der Waals surface area contributed by atoms with E-state index in [0.29, 0.717) is 10.0 Å². The van der Waals surface area contributed by atoms with Crippen LogP contribution >= 0.6 is 23.2 Å². The summed E-state index contributed by atoms with van der Waals surface area (Å²) in [5.74, 6) is 0.809. The number of para-hydroxylation sites is 1. The first-order valence-electron chi connectivity index (χ1n) is 7.38. The molecule has 0 spiro atoms. The zero-order chi connectivity index (χ0) is 16.6. The summed E-state index contributed by atoms with van der Waals surface area (Å²) < 4.78 is 6.13. The number of hydrogen-bond acceptors (Lipinski definition) is 2. The molecule has 118 valence electrons. The number of nitrogens with zero attached hydrogens (tertiary/aromatic N) is 1. The SMILES string of the molecule is CC(C)(C)Oc1cc(-c2ccc(Cl)c(Cl)c2)nc2ccccc12. The van der Waals surface area contributed by atoms with E-state index in [2.05, 4.69) is 0 Å². The third kappa shape index (κ3) is 3.60. The predicted octanol–water partition coefficient (Wildman–Crippen LogP) is 6.39. The van der Waals surface area contributed by atoms with Gasteiger partial charge in [-0.25, -0.2) is 4.98 Å². The second-order valence-corrected chi connectivity index (χ2v) is 7.18. The maximum absolute atomic E-state index is 6.14. The van der Waals surface area contributed by atoms with Gasteiger partial charge in [-0.15, -0.1) is 0 Å². The molecule has 0 fully saturated rings. The van der Waals surface area contributed by atoms with Crippen LogP contribution in [-0.2, 0) is 0 Å². The maximum atomic E-state index is 6.14. The summed E-state index contributed by atoms with van der Waals surface area (Å²) in [5.41, 5.74) is 2.31. The topological polar surface area (TPSA) is 22.1 Å². The molecule has 0 amide bonds. The van der Waals surface area contributed by atoms with Gasteiger partial charge in [0.2, 0.25) is 0 Å². The van der Waals surface area contributed by atoms with Crippen LogP contribution in [0.3, 0.4) is 0 Å². The van der Waals surface area contributed by atoms with Crippen LogP contribution in [0.4, 0.5) is 0 Å². The lowest BCUT2D eigenvalue weighted by molar-refractivity contribution is 0.133. The summed E-state index contributed by atoms with van der Waals surface area (Å²) in [6.07, 6.45) is 0. The van der Waals surface area contributed by atoms with Crippen LogP contribution in [-0.4, -0.2) is 10.6 Å². The standard InChI is InChI=1S/C19H17Cl2NO/c1-19(2,3)23-18-11-17(12-8-9-14(20)15(21)10-12)22-16-7-5-4-6-13(16)18/h4-11H,1-3H3. The number of hydrogen-bond donors (Lipinski definition) is 0. The molecule has 0 aliphatic carbocycles. The summed E-state index contributed by atoms with van der Waals surface area (Å²) in [4.78, 5) is 4.73. The van der Waals surface area contributed by atoms with Crippen molar-refractivity contribution in [3.8, 4) is 17.0 Å². The Labute approximate surface area is 146 Å². The van der Waals surface area contributed by atoms with Gasteiger partial charge in [0.15, 0.2) is 0 Å². The van der Waals surface area contributed by atoms with Gasteiger partial charge in [0.1, 0.15) is 11.4 Å². The van der Waals surface area contributed by atoms with E-state index >= 15 is 0 Å². The highest BCUT2D eigenvalue weighted by atomic mass is 35.5. The van der Waals surface area contributed by atoms with Crippen molar-refractivity contribution >= 4 is 34.1 Å². The average Bonchev–Trinajstić information content (AvgIpc) is 2.48. The number of ether oxygens (including phenoxy) is 1. The van der Waals surface area contributed by atoms with Gasteiger partial charge in [0.05, 0.1) is 21.3 Å². The molecule has 0 radical (unpaired) electrons. The summed E-state index contributed by atoms with van der Waals surface area (Å²) >= 11 is 12.1. The summed E-state index contributed by atoms with van der Waals surface area (Å²) in [5, 5.41) is 2.03. The fourth-order valence-corrected chi connectivity index (χ4v) is 2.66. The lowest BCUT2D eigenvalue weighted by Gasteiger charge is -2.23. The Morgan fingerprint density at radius 3 is 2.35 bits per heavy atom. The summed E-state index contributed by atoms with van der Waals surface area (Å²) in [6.45, 7) is 6.09. The molecule has 3 aromatic rings. The van der Waals surface area contributed by atoms with Crippen molar-refractivity contribution < 1.29 is 4.74 Å². The number of fused-ring (bicyclic) bond motifs is 1. The molecule has 0 saturated carbocycles. The van der Waals surface area contributed by atoms with Crippen molar-refractivity contribution in [3.63, 3.8) is 0 Å². The van der Waals surface area contributed by atoms with Gasteiger partial charge in [-0.3, -0.25) is 0 Å². The van der Waals surface area contributed by atoms with E-state index in [1.165, 1.54) is 0 Å². The molecule has 0 bridgehead atoms.